The number of hydrogen-bond donors (Lipinski definition) is 3. The molecular weight excluding hydrogens is 905 g/mol. The van der Waals surface area contributed by atoms with E-state index < -0.39 is 57.1 Å². The van der Waals surface area contributed by atoms with Crippen molar-refractivity contribution in [3.8, 4) is 22.8 Å². The smallest absolute Gasteiger partial charge is 0.307 e. The predicted molar refractivity (Wildman–Crippen MR) is 239 cm³/mol. The van der Waals surface area contributed by atoms with Gasteiger partial charge < -0.3 is 15.2 Å². The molecule has 0 spiro atoms. The lowest BCUT2D eigenvalue weighted by Gasteiger charge is -2.46. The zero-order valence-corrected chi connectivity index (χ0v) is 37.5. The molecule has 3 N–H and O–H groups in total. The van der Waals surface area contributed by atoms with Gasteiger partial charge in [-0.1, -0.05) is 17.7 Å². The maximum Gasteiger partial charge on any atom is 0.307 e. The number of carboxylic acids is 2. The summed E-state index contributed by atoms with van der Waals surface area (Å²) in [6.45, 7) is 1.84. The molecule has 0 saturated heterocycles. The maximum atomic E-state index is 15.0. The number of benzene rings is 1. The highest BCUT2D eigenvalue weighted by molar-refractivity contribution is 7.90. The summed E-state index contributed by atoms with van der Waals surface area (Å²) in [5, 5.41) is 20.3. The minimum Gasteiger partial charge on any atom is -0.481 e. The van der Waals surface area contributed by atoms with Crippen LogP contribution in [-0.2, 0) is 32.5 Å². The van der Waals surface area contributed by atoms with Crippen molar-refractivity contribution in [2.45, 2.75) is 76.0 Å². The summed E-state index contributed by atoms with van der Waals surface area (Å²) in [5.41, 5.74) is 2.36. The molecule has 14 nitrogen and oxygen atoms in total. The Morgan fingerprint density at radius 1 is 0.662 bits per heavy atom. The number of nitrogens with one attached hydrogen (secondary N) is 1. The molecule has 0 aliphatic heterocycles. The highest BCUT2D eigenvalue weighted by atomic mass is 32.2. The van der Waals surface area contributed by atoms with E-state index in [1.54, 1.807) is 18.3 Å². The standard InChI is InChI=1S/C28H26F2N4O4S.C21H20F2N4O2/c1-15-2-8-19(9-3-15)39(37,38)34-14-22(21-10-18(29)12-32-27(21)34)26-31-13-23(30)24(33-26)11-20-16-4-6-17(7-5-16)25(20)28(35)36;22-12-5-14-15(8-25-19(14)24-7-12)20-26-9-16(23)17(27-20)6-13-10-1-3-11(4-2-10)18(13)21(28)29/h2-3,8-10,12-14,16-17,20,25H,4-7,11H2,1H3,(H,35,36);5,7-11,13,18H,1-4,6H2,(H,24,25)(H,28,29)/t16?,17?,20?,25-;10?,11?,13?,18-/m00/s1. The number of halogens is 4. The van der Waals surface area contributed by atoms with Crippen molar-refractivity contribution in [3.63, 3.8) is 0 Å². The van der Waals surface area contributed by atoms with E-state index in [0.29, 0.717) is 16.6 Å². The van der Waals surface area contributed by atoms with Gasteiger partial charge in [0.25, 0.3) is 10.0 Å². The lowest BCUT2D eigenvalue weighted by Crippen LogP contribution is -2.45. The fourth-order valence-electron chi connectivity index (χ4n) is 11.7. The predicted octanol–water partition coefficient (Wildman–Crippen LogP) is 8.97. The van der Waals surface area contributed by atoms with Gasteiger partial charge in [-0.05, 0) is 131 Å². The van der Waals surface area contributed by atoms with Crippen LogP contribution in [0.5, 0.6) is 0 Å². The Kier molecular flexibility index (Phi) is 11.8. The molecule has 2 unspecified atom stereocenters. The van der Waals surface area contributed by atoms with Gasteiger partial charge >= 0.3 is 11.9 Å². The average molecular weight is 951 g/mol. The Hall–Kier alpha value is -6.63. The quantitative estimate of drug-likeness (QED) is 0.110. The van der Waals surface area contributed by atoms with Crippen LogP contribution in [0.3, 0.4) is 0 Å². The molecule has 6 fully saturated rings. The Bertz CT molecular complexity index is 3210. The van der Waals surface area contributed by atoms with E-state index in [1.807, 2.05) is 6.92 Å². The van der Waals surface area contributed by atoms with Crippen LogP contribution < -0.4 is 0 Å². The van der Waals surface area contributed by atoms with Crippen molar-refractivity contribution < 1.29 is 45.8 Å². The fourth-order valence-corrected chi connectivity index (χ4v) is 13.0. The molecule has 0 radical (unpaired) electrons. The number of fused-ring (bicyclic) bond motifs is 8. The van der Waals surface area contributed by atoms with Gasteiger partial charge in [0.15, 0.2) is 28.9 Å². The number of H-pyrrole nitrogens is 1. The Morgan fingerprint density at radius 2 is 1.15 bits per heavy atom. The highest BCUT2D eigenvalue weighted by Crippen LogP contribution is 2.51. The Labute approximate surface area is 387 Å². The van der Waals surface area contributed by atoms with Gasteiger partial charge in [-0.25, -0.2) is 59.9 Å². The van der Waals surface area contributed by atoms with E-state index in [4.69, 9.17) is 0 Å². The van der Waals surface area contributed by atoms with Gasteiger partial charge in [0.05, 0.1) is 52.9 Å². The highest BCUT2D eigenvalue weighted by Gasteiger charge is 2.48. The molecular formula is C49H46F4N8O6S. The number of pyridine rings is 2. The molecule has 6 aromatic heterocycles. The molecule has 68 heavy (non-hydrogen) atoms. The lowest BCUT2D eigenvalue weighted by atomic mass is 9.57. The van der Waals surface area contributed by atoms with Gasteiger partial charge in [0.2, 0.25) is 0 Å². The first-order valence-electron chi connectivity index (χ1n) is 22.7. The van der Waals surface area contributed by atoms with Crippen molar-refractivity contribution >= 4 is 44.0 Å². The number of aromatic nitrogens is 8. The van der Waals surface area contributed by atoms with Crippen LogP contribution in [0.1, 0.15) is 68.3 Å². The molecule has 4 atom stereocenters. The first-order valence-corrected chi connectivity index (χ1v) is 24.2. The Morgan fingerprint density at radius 3 is 1.68 bits per heavy atom. The van der Waals surface area contributed by atoms with E-state index in [1.165, 1.54) is 24.4 Å². The third-order valence-corrected chi connectivity index (χ3v) is 16.6. The van der Waals surface area contributed by atoms with Crippen LogP contribution >= 0.6 is 0 Å². The molecule has 6 aliphatic carbocycles. The van der Waals surface area contributed by atoms with Crippen LogP contribution in [0.4, 0.5) is 17.6 Å². The number of carbonyl (C=O) groups is 2. The van der Waals surface area contributed by atoms with Gasteiger partial charge in [-0.15, -0.1) is 0 Å². The van der Waals surface area contributed by atoms with Crippen LogP contribution in [0.15, 0.2) is 78.5 Å². The summed E-state index contributed by atoms with van der Waals surface area (Å²) in [6.07, 6.45) is 14.8. The molecule has 19 heteroatoms. The molecule has 0 amide bonds. The number of rotatable bonds is 10. The van der Waals surface area contributed by atoms with Gasteiger partial charge in [0, 0.05) is 34.3 Å². The van der Waals surface area contributed by atoms with E-state index in [0.717, 1.165) is 91.8 Å². The molecule has 6 heterocycles. The van der Waals surface area contributed by atoms with Crippen molar-refractivity contribution in [1.82, 2.24) is 38.9 Å². The molecule has 13 rings (SSSR count). The summed E-state index contributed by atoms with van der Waals surface area (Å²) >= 11 is 0. The number of aromatic amines is 1. The van der Waals surface area contributed by atoms with Crippen LogP contribution in [0.2, 0.25) is 0 Å². The fraction of sp³-hybridized carbons (Fsp3) is 0.388. The largest absolute Gasteiger partial charge is 0.481 e. The molecule has 352 valence electrons. The van der Waals surface area contributed by atoms with Crippen molar-refractivity contribution in [3.05, 3.63) is 114 Å². The first-order chi connectivity index (χ1) is 32.6. The minimum atomic E-state index is -4.11. The topological polar surface area (TPSA) is 207 Å². The first kappa shape index (κ1) is 45.2. The van der Waals surface area contributed by atoms with Crippen molar-refractivity contribution in [2.75, 3.05) is 0 Å². The second-order valence-corrected chi connectivity index (χ2v) is 20.5. The van der Waals surface area contributed by atoms with Crippen LogP contribution in [0, 0.1) is 77.5 Å². The van der Waals surface area contributed by atoms with E-state index >= 15 is 0 Å². The van der Waals surface area contributed by atoms with E-state index in [9.17, 15) is 45.8 Å². The zero-order chi connectivity index (χ0) is 47.6. The van der Waals surface area contributed by atoms with E-state index in [2.05, 4.69) is 34.9 Å². The summed E-state index contributed by atoms with van der Waals surface area (Å²) in [6, 6.07) is 8.77. The monoisotopic (exact) mass is 950 g/mol. The lowest BCUT2D eigenvalue weighted by molar-refractivity contribution is -0.153. The molecule has 6 saturated carbocycles. The Balaban J connectivity index is 0.000000165. The number of aliphatic carboxylic acids is 2. The molecule has 7 aromatic rings. The maximum absolute atomic E-state index is 15.0. The van der Waals surface area contributed by atoms with Crippen LogP contribution in [0.25, 0.3) is 44.8 Å². The number of nitrogens with zero attached hydrogens (tertiary/aromatic N) is 7. The number of aryl methyl sites for hydroxylation is 1. The SMILES string of the molecule is Cc1ccc(S(=O)(=O)n2cc(-c3ncc(F)c(CC4C5CCC(CC5)[C@@H]4C(=O)O)n3)c3cc(F)cnc32)cc1.O=C(O)[C@H]1C2CCC(CC2)C1Cc1nc(-c2c[nH]c3ncc(F)cc23)ncc1F. The zero-order valence-electron chi connectivity index (χ0n) is 36.7. The molecule has 1 aromatic carbocycles. The number of carboxylic acid groups (broad SMARTS) is 2. The third kappa shape index (κ3) is 8.27. The van der Waals surface area contributed by atoms with Gasteiger partial charge in [-0.2, -0.15) is 0 Å². The summed E-state index contributed by atoms with van der Waals surface area (Å²) < 4.78 is 85.5. The normalized spacial score (nSPS) is 24.2. The molecule has 4 bridgehead atoms. The second-order valence-electron chi connectivity index (χ2n) is 18.7. The van der Waals surface area contributed by atoms with Crippen molar-refractivity contribution in [2.24, 2.45) is 47.3 Å². The molecule has 6 aliphatic rings. The minimum absolute atomic E-state index is 0.00880. The summed E-state index contributed by atoms with van der Waals surface area (Å²) in [7, 11) is -4.11. The summed E-state index contributed by atoms with van der Waals surface area (Å²) in [4.78, 5) is 52.0. The van der Waals surface area contributed by atoms with Crippen LogP contribution in [-0.4, -0.2) is 69.4 Å². The van der Waals surface area contributed by atoms with E-state index in [-0.39, 0.29) is 92.9 Å². The summed E-state index contributed by atoms with van der Waals surface area (Å²) in [5.74, 6) is -4.45. The average Bonchev–Trinajstić information content (AvgIpc) is 3.93. The van der Waals surface area contributed by atoms with Crippen molar-refractivity contribution in [1.29, 1.82) is 0 Å². The van der Waals surface area contributed by atoms with Gasteiger partial charge in [-0.3, -0.25) is 9.59 Å². The van der Waals surface area contributed by atoms with Gasteiger partial charge in [0.1, 0.15) is 17.3 Å². The second kappa shape index (κ2) is 17.8. The number of hydrogen-bond acceptors (Lipinski definition) is 10. The third-order valence-electron chi connectivity index (χ3n) is 15.0.